The highest BCUT2D eigenvalue weighted by Crippen LogP contribution is 2.40. The average Bonchev–Trinajstić information content (AvgIpc) is 2.15. The van der Waals surface area contributed by atoms with E-state index in [9.17, 15) is 9.90 Å². The third kappa shape index (κ3) is 5.27. The Balaban J connectivity index is 4.62. The van der Waals surface area contributed by atoms with Crippen LogP contribution in [-0.2, 0) is 9.53 Å². The molecule has 0 saturated heterocycles. The molecule has 0 aliphatic rings. The molecular weight excluding hydrogens is 223 g/mol. The van der Waals surface area contributed by atoms with Gasteiger partial charge in [-0.3, -0.25) is 4.79 Å². The molecule has 0 aromatic heterocycles. The SMILES string of the molecule is CCC(C)(C)C(OC(=O)C(C)C)PC(C)O. The zero-order chi connectivity index (χ0) is 12.9. The van der Waals surface area contributed by atoms with E-state index >= 15 is 0 Å². The van der Waals surface area contributed by atoms with E-state index in [-0.39, 0.29) is 31.7 Å². The first-order valence-electron chi connectivity index (χ1n) is 5.85. The lowest BCUT2D eigenvalue weighted by Crippen LogP contribution is -2.32. The van der Waals surface area contributed by atoms with Gasteiger partial charge in [0.1, 0.15) is 5.85 Å². The zero-order valence-electron chi connectivity index (χ0n) is 11.2. The molecule has 0 radical (unpaired) electrons. The standard InChI is InChI=1S/C12H25O3P/c1-7-12(5,6)11(16-9(4)13)15-10(14)8(2)3/h8-9,11,13,16H,7H2,1-6H3. The van der Waals surface area contributed by atoms with Gasteiger partial charge in [-0.25, -0.2) is 0 Å². The minimum atomic E-state index is -0.421. The number of aliphatic hydroxyl groups is 1. The molecule has 3 unspecified atom stereocenters. The molecule has 0 aromatic rings. The normalized spacial score (nSPS) is 16.8. The second-order valence-corrected chi connectivity index (χ2v) is 6.85. The minimum Gasteiger partial charge on any atom is -0.457 e. The Hall–Kier alpha value is -0.140. The predicted octanol–water partition coefficient (Wildman–Crippen LogP) is 2.96. The first-order valence-corrected chi connectivity index (χ1v) is 7.00. The monoisotopic (exact) mass is 248 g/mol. The lowest BCUT2D eigenvalue weighted by Gasteiger charge is -2.34. The van der Waals surface area contributed by atoms with Crippen molar-refractivity contribution in [2.45, 2.75) is 59.7 Å². The second kappa shape index (κ2) is 6.56. The van der Waals surface area contributed by atoms with Crippen LogP contribution in [0.1, 0.15) is 48.0 Å². The molecule has 0 aliphatic heterocycles. The molecule has 1 N–H and O–H groups in total. The lowest BCUT2D eigenvalue weighted by molar-refractivity contribution is -0.153. The van der Waals surface area contributed by atoms with E-state index in [1.54, 1.807) is 6.92 Å². The van der Waals surface area contributed by atoms with Crippen molar-refractivity contribution >= 4 is 14.6 Å². The summed E-state index contributed by atoms with van der Waals surface area (Å²) in [5, 5.41) is 9.45. The number of hydrogen-bond donors (Lipinski definition) is 1. The molecule has 0 amide bonds. The summed E-state index contributed by atoms with van der Waals surface area (Å²) >= 11 is 0. The van der Waals surface area contributed by atoms with Gasteiger partial charge >= 0.3 is 5.97 Å². The van der Waals surface area contributed by atoms with Crippen molar-refractivity contribution in [3.8, 4) is 0 Å². The van der Waals surface area contributed by atoms with E-state index in [4.69, 9.17) is 4.74 Å². The fraction of sp³-hybridized carbons (Fsp3) is 0.917. The van der Waals surface area contributed by atoms with Gasteiger partial charge in [0.05, 0.1) is 11.8 Å². The van der Waals surface area contributed by atoms with Crippen molar-refractivity contribution in [2.24, 2.45) is 11.3 Å². The first kappa shape index (κ1) is 15.9. The molecule has 96 valence electrons. The Bertz CT molecular complexity index is 224. The number of hydrogen-bond acceptors (Lipinski definition) is 3. The first-order chi connectivity index (χ1) is 7.20. The molecule has 16 heavy (non-hydrogen) atoms. The molecule has 3 atom stereocenters. The van der Waals surface area contributed by atoms with Gasteiger partial charge in [0.15, 0.2) is 0 Å². The Morgan fingerprint density at radius 1 is 1.38 bits per heavy atom. The molecule has 0 spiro atoms. The summed E-state index contributed by atoms with van der Waals surface area (Å²) in [7, 11) is 0.236. The third-order valence-corrected chi connectivity index (χ3v) is 4.40. The van der Waals surface area contributed by atoms with E-state index in [0.29, 0.717) is 0 Å². The molecular formula is C12H25O3P. The van der Waals surface area contributed by atoms with Gasteiger partial charge in [-0.1, -0.05) is 34.6 Å². The maximum atomic E-state index is 11.6. The number of ether oxygens (including phenoxy) is 1. The summed E-state index contributed by atoms with van der Waals surface area (Å²) in [6.07, 6.45) is 0.919. The van der Waals surface area contributed by atoms with Gasteiger partial charge in [0.2, 0.25) is 0 Å². The van der Waals surface area contributed by atoms with Crippen LogP contribution in [0.25, 0.3) is 0 Å². The quantitative estimate of drug-likeness (QED) is 0.580. The lowest BCUT2D eigenvalue weighted by atomic mass is 9.91. The average molecular weight is 248 g/mol. The van der Waals surface area contributed by atoms with Gasteiger partial charge in [-0.2, -0.15) is 0 Å². The van der Waals surface area contributed by atoms with Crippen LogP contribution in [0, 0.1) is 11.3 Å². The highest BCUT2D eigenvalue weighted by Gasteiger charge is 2.32. The highest BCUT2D eigenvalue weighted by atomic mass is 31.1. The Morgan fingerprint density at radius 3 is 2.19 bits per heavy atom. The van der Waals surface area contributed by atoms with Gasteiger partial charge in [-0.15, -0.1) is 0 Å². The van der Waals surface area contributed by atoms with Gasteiger partial charge in [0.25, 0.3) is 0 Å². The summed E-state index contributed by atoms with van der Waals surface area (Å²) in [4.78, 5) is 11.6. The van der Waals surface area contributed by atoms with Crippen LogP contribution < -0.4 is 0 Å². The summed E-state index contributed by atoms with van der Waals surface area (Å²) in [6, 6.07) is 0. The molecule has 0 saturated carbocycles. The summed E-state index contributed by atoms with van der Waals surface area (Å²) in [5.74, 6) is -0.906. The smallest absolute Gasteiger partial charge is 0.309 e. The Labute approximate surface area is 101 Å². The van der Waals surface area contributed by atoms with Gasteiger partial charge in [0, 0.05) is 5.41 Å². The number of esters is 1. The fourth-order valence-corrected chi connectivity index (χ4v) is 2.35. The predicted molar refractivity (Wildman–Crippen MR) is 68.8 cm³/mol. The Morgan fingerprint density at radius 2 is 1.88 bits per heavy atom. The van der Waals surface area contributed by atoms with Crippen LogP contribution in [0.2, 0.25) is 0 Å². The molecule has 0 rings (SSSR count). The molecule has 4 heteroatoms. The molecule has 0 fully saturated rings. The maximum absolute atomic E-state index is 11.6. The molecule has 0 aromatic carbocycles. The van der Waals surface area contributed by atoms with Crippen molar-refractivity contribution in [2.75, 3.05) is 0 Å². The second-order valence-electron chi connectivity index (χ2n) is 5.16. The van der Waals surface area contributed by atoms with Crippen molar-refractivity contribution in [1.29, 1.82) is 0 Å². The van der Waals surface area contributed by atoms with Crippen molar-refractivity contribution in [3.05, 3.63) is 0 Å². The van der Waals surface area contributed by atoms with Crippen molar-refractivity contribution < 1.29 is 14.6 Å². The largest absolute Gasteiger partial charge is 0.457 e. The summed E-state index contributed by atoms with van der Waals surface area (Å²) in [6.45, 7) is 11.6. The van der Waals surface area contributed by atoms with E-state index in [1.165, 1.54) is 0 Å². The third-order valence-electron chi connectivity index (χ3n) is 2.72. The number of carbonyl (C=O) groups excluding carboxylic acids is 1. The van der Waals surface area contributed by atoms with Crippen LogP contribution in [-0.4, -0.2) is 22.8 Å². The molecule has 0 aliphatic carbocycles. The van der Waals surface area contributed by atoms with Crippen LogP contribution in [0.3, 0.4) is 0 Å². The zero-order valence-corrected chi connectivity index (χ0v) is 12.2. The summed E-state index contributed by atoms with van der Waals surface area (Å²) in [5.41, 5.74) is -0.0833. The molecule has 3 nitrogen and oxygen atoms in total. The minimum absolute atomic E-state index is 0.0833. The van der Waals surface area contributed by atoms with Crippen LogP contribution in [0.15, 0.2) is 0 Å². The van der Waals surface area contributed by atoms with Crippen LogP contribution >= 0.6 is 8.58 Å². The van der Waals surface area contributed by atoms with Crippen molar-refractivity contribution in [1.82, 2.24) is 0 Å². The highest BCUT2D eigenvalue weighted by molar-refractivity contribution is 7.39. The number of carbonyl (C=O) groups is 1. The van der Waals surface area contributed by atoms with Gasteiger partial charge < -0.3 is 9.84 Å². The van der Waals surface area contributed by atoms with Crippen LogP contribution in [0.5, 0.6) is 0 Å². The molecule has 0 heterocycles. The van der Waals surface area contributed by atoms with Crippen LogP contribution in [0.4, 0.5) is 0 Å². The Kier molecular flexibility index (Phi) is 6.50. The number of aliphatic hydroxyl groups excluding tert-OH is 1. The molecule has 0 bridgehead atoms. The van der Waals surface area contributed by atoms with Gasteiger partial charge in [-0.05, 0) is 21.9 Å². The van der Waals surface area contributed by atoms with E-state index in [0.717, 1.165) is 6.42 Å². The fourth-order valence-electron chi connectivity index (χ4n) is 1.08. The number of rotatable bonds is 6. The summed E-state index contributed by atoms with van der Waals surface area (Å²) < 4.78 is 5.49. The van der Waals surface area contributed by atoms with Crippen molar-refractivity contribution in [3.63, 3.8) is 0 Å². The van der Waals surface area contributed by atoms with E-state index < -0.39 is 5.85 Å². The maximum Gasteiger partial charge on any atom is 0.309 e. The van der Waals surface area contributed by atoms with E-state index in [1.807, 2.05) is 13.8 Å². The topological polar surface area (TPSA) is 46.5 Å². The van der Waals surface area contributed by atoms with E-state index in [2.05, 4.69) is 20.8 Å².